The number of para-hydroxylation sites is 1. The molecule has 1 unspecified atom stereocenters. The van der Waals surface area contributed by atoms with Crippen molar-refractivity contribution < 1.29 is 13.2 Å². The summed E-state index contributed by atoms with van der Waals surface area (Å²) in [6.45, 7) is 1.74. The molecular weight excluding hydrogens is 364 g/mol. The monoisotopic (exact) mass is 380 g/mol. The average Bonchev–Trinajstić information content (AvgIpc) is 2.87. The van der Waals surface area contributed by atoms with Crippen molar-refractivity contribution in [1.29, 1.82) is 0 Å². The lowest BCUT2D eigenvalue weighted by Gasteiger charge is -2.12. The van der Waals surface area contributed by atoms with Crippen molar-refractivity contribution in [1.82, 2.24) is 9.97 Å². The molecule has 1 fully saturated rings. The highest BCUT2D eigenvalue weighted by Crippen LogP contribution is 2.21. The van der Waals surface area contributed by atoms with Crippen molar-refractivity contribution in [2.75, 3.05) is 22.1 Å². The molecule has 9 heteroatoms. The van der Waals surface area contributed by atoms with Crippen LogP contribution in [-0.2, 0) is 9.84 Å². The molecule has 1 amide bonds. The van der Waals surface area contributed by atoms with Crippen LogP contribution in [0.4, 0.5) is 11.6 Å². The Morgan fingerprint density at radius 3 is 2.72 bits per heavy atom. The number of anilines is 2. The Morgan fingerprint density at radius 1 is 1.28 bits per heavy atom. The zero-order valence-corrected chi connectivity index (χ0v) is 15.1. The Labute approximate surface area is 150 Å². The van der Waals surface area contributed by atoms with E-state index in [2.05, 4.69) is 20.6 Å². The molecule has 2 N–H and O–H groups in total. The number of nitrogens with zero attached hydrogens (tertiary/aromatic N) is 2. The van der Waals surface area contributed by atoms with E-state index >= 15 is 0 Å². The van der Waals surface area contributed by atoms with Gasteiger partial charge < -0.3 is 10.6 Å². The van der Waals surface area contributed by atoms with Crippen molar-refractivity contribution in [3.63, 3.8) is 0 Å². The maximum Gasteiger partial charge on any atom is 0.274 e. The van der Waals surface area contributed by atoms with Crippen molar-refractivity contribution in [3.05, 3.63) is 46.7 Å². The lowest BCUT2D eigenvalue weighted by Crippen LogP contribution is -2.23. The SMILES string of the molecule is Cc1cc(C(=O)Nc2ccccc2Cl)nc(NC2CCS(=O)(=O)C2)n1. The van der Waals surface area contributed by atoms with Gasteiger partial charge in [0.2, 0.25) is 5.95 Å². The van der Waals surface area contributed by atoms with E-state index in [0.29, 0.717) is 22.8 Å². The first-order valence-corrected chi connectivity index (χ1v) is 9.91. The number of carbonyl (C=O) groups is 1. The average molecular weight is 381 g/mol. The van der Waals surface area contributed by atoms with Gasteiger partial charge in [0.15, 0.2) is 9.84 Å². The van der Waals surface area contributed by atoms with Gasteiger partial charge in [0, 0.05) is 11.7 Å². The van der Waals surface area contributed by atoms with Gasteiger partial charge in [0.05, 0.1) is 22.2 Å². The van der Waals surface area contributed by atoms with Crippen LogP contribution in [-0.4, -0.2) is 41.8 Å². The van der Waals surface area contributed by atoms with Gasteiger partial charge in [-0.3, -0.25) is 4.79 Å². The molecule has 0 spiro atoms. The summed E-state index contributed by atoms with van der Waals surface area (Å²) >= 11 is 6.04. The third-order valence-electron chi connectivity index (χ3n) is 3.77. The zero-order valence-electron chi connectivity index (χ0n) is 13.5. The highest BCUT2D eigenvalue weighted by Gasteiger charge is 2.28. The van der Waals surface area contributed by atoms with E-state index in [1.807, 2.05) is 0 Å². The van der Waals surface area contributed by atoms with E-state index in [1.165, 1.54) is 0 Å². The third kappa shape index (κ3) is 4.46. The van der Waals surface area contributed by atoms with Gasteiger partial charge >= 0.3 is 0 Å². The fourth-order valence-corrected chi connectivity index (χ4v) is 4.45. The number of nitrogens with one attached hydrogen (secondary N) is 2. The molecular formula is C16H17ClN4O3S. The van der Waals surface area contributed by atoms with E-state index in [0.717, 1.165) is 0 Å². The van der Waals surface area contributed by atoms with Crippen LogP contribution in [0.25, 0.3) is 0 Å². The van der Waals surface area contributed by atoms with Crippen LogP contribution in [0.2, 0.25) is 5.02 Å². The summed E-state index contributed by atoms with van der Waals surface area (Å²) in [5.74, 6) is 0.0222. The molecule has 0 saturated carbocycles. The molecule has 1 aliphatic heterocycles. The third-order valence-corrected chi connectivity index (χ3v) is 5.87. The summed E-state index contributed by atoms with van der Waals surface area (Å²) in [5, 5.41) is 6.13. The molecule has 1 aromatic carbocycles. The molecule has 132 valence electrons. The van der Waals surface area contributed by atoms with Crippen LogP contribution in [0, 0.1) is 6.92 Å². The molecule has 2 aromatic rings. The van der Waals surface area contributed by atoms with E-state index in [-0.39, 0.29) is 29.2 Å². The topological polar surface area (TPSA) is 101 Å². The Morgan fingerprint density at radius 2 is 2.04 bits per heavy atom. The molecule has 1 atom stereocenters. The molecule has 0 bridgehead atoms. The van der Waals surface area contributed by atoms with E-state index in [4.69, 9.17) is 11.6 Å². The van der Waals surface area contributed by atoms with Gasteiger partial charge in [-0.05, 0) is 31.5 Å². The van der Waals surface area contributed by atoms with E-state index < -0.39 is 15.7 Å². The smallest absolute Gasteiger partial charge is 0.274 e. The van der Waals surface area contributed by atoms with Gasteiger partial charge in [-0.15, -0.1) is 0 Å². The number of halogens is 1. The van der Waals surface area contributed by atoms with Crippen LogP contribution in [0.5, 0.6) is 0 Å². The normalized spacial score (nSPS) is 18.7. The van der Waals surface area contributed by atoms with Crippen LogP contribution in [0.15, 0.2) is 30.3 Å². The zero-order chi connectivity index (χ0) is 18.0. The van der Waals surface area contributed by atoms with Crippen LogP contribution < -0.4 is 10.6 Å². The predicted octanol–water partition coefficient (Wildman–Crippen LogP) is 2.29. The molecule has 1 aliphatic rings. The number of benzene rings is 1. The number of hydrogen-bond donors (Lipinski definition) is 2. The second-order valence-electron chi connectivity index (χ2n) is 5.90. The summed E-state index contributed by atoms with van der Waals surface area (Å²) in [6, 6.07) is 8.21. The number of amides is 1. The standard InChI is InChI=1S/C16H17ClN4O3S/c1-10-8-14(15(22)20-13-5-3-2-4-12(13)17)21-16(18-10)19-11-6-7-25(23,24)9-11/h2-5,8,11H,6-7,9H2,1H3,(H,20,22)(H,18,19,21). The molecule has 2 heterocycles. The number of sulfone groups is 1. The summed E-state index contributed by atoms with van der Waals surface area (Å²) in [4.78, 5) is 20.9. The summed E-state index contributed by atoms with van der Waals surface area (Å²) in [5.41, 5.74) is 1.26. The summed E-state index contributed by atoms with van der Waals surface area (Å²) < 4.78 is 23.1. The first-order valence-electron chi connectivity index (χ1n) is 7.71. The Hall–Kier alpha value is -2.19. The van der Waals surface area contributed by atoms with Crippen LogP contribution in [0.1, 0.15) is 22.6 Å². The minimum Gasteiger partial charge on any atom is -0.350 e. The predicted molar refractivity (Wildman–Crippen MR) is 96.9 cm³/mol. The van der Waals surface area contributed by atoms with Gasteiger partial charge in [-0.2, -0.15) is 0 Å². The van der Waals surface area contributed by atoms with Crippen molar-refractivity contribution in [3.8, 4) is 0 Å². The number of hydrogen-bond acceptors (Lipinski definition) is 6. The Kier molecular flexibility index (Phi) is 4.91. The minimum atomic E-state index is -3.01. The number of rotatable bonds is 4. The first-order chi connectivity index (χ1) is 11.8. The summed E-state index contributed by atoms with van der Waals surface area (Å²) in [7, 11) is -3.01. The van der Waals surface area contributed by atoms with Crippen molar-refractivity contribution in [2.24, 2.45) is 0 Å². The molecule has 1 saturated heterocycles. The highest BCUT2D eigenvalue weighted by molar-refractivity contribution is 7.91. The quantitative estimate of drug-likeness (QED) is 0.843. The second kappa shape index (κ2) is 6.97. The lowest BCUT2D eigenvalue weighted by molar-refractivity contribution is 0.102. The van der Waals surface area contributed by atoms with Crippen LogP contribution >= 0.6 is 11.6 Å². The van der Waals surface area contributed by atoms with Gasteiger partial charge in [-0.1, -0.05) is 23.7 Å². The number of aryl methyl sites for hydroxylation is 1. The van der Waals surface area contributed by atoms with Gasteiger partial charge in [0.1, 0.15) is 5.69 Å². The molecule has 7 nitrogen and oxygen atoms in total. The largest absolute Gasteiger partial charge is 0.350 e. The fraction of sp³-hybridized carbons (Fsp3) is 0.312. The molecule has 0 radical (unpaired) electrons. The second-order valence-corrected chi connectivity index (χ2v) is 8.53. The maximum atomic E-state index is 12.4. The first kappa shape index (κ1) is 17.6. The van der Waals surface area contributed by atoms with E-state index in [1.54, 1.807) is 37.3 Å². The van der Waals surface area contributed by atoms with Gasteiger partial charge in [-0.25, -0.2) is 18.4 Å². The molecule has 3 rings (SSSR count). The molecule has 0 aliphatic carbocycles. The lowest BCUT2D eigenvalue weighted by atomic mass is 10.2. The van der Waals surface area contributed by atoms with E-state index in [9.17, 15) is 13.2 Å². The van der Waals surface area contributed by atoms with Crippen LogP contribution in [0.3, 0.4) is 0 Å². The minimum absolute atomic E-state index is 0.0471. The fourth-order valence-electron chi connectivity index (χ4n) is 2.59. The van der Waals surface area contributed by atoms with Crippen molar-refractivity contribution >= 4 is 39.0 Å². The van der Waals surface area contributed by atoms with Gasteiger partial charge in [0.25, 0.3) is 5.91 Å². The Balaban J connectivity index is 1.77. The number of aromatic nitrogens is 2. The summed E-state index contributed by atoms with van der Waals surface area (Å²) in [6.07, 6.45) is 0.501. The van der Waals surface area contributed by atoms with Crippen molar-refractivity contribution in [2.45, 2.75) is 19.4 Å². The molecule has 1 aromatic heterocycles. The Bertz CT molecular complexity index is 917. The number of carbonyl (C=O) groups excluding carboxylic acids is 1. The highest BCUT2D eigenvalue weighted by atomic mass is 35.5. The molecule has 25 heavy (non-hydrogen) atoms. The maximum absolute atomic E-state index is 12.4.